The second-order valence-corrected chi connectivity index (χ2v) is 10.5. The van der Waals surface area contributed by atoms with E-state index in [-0.39, 0.29) is 21.6 Å². The van der Waals surface area contributed by atoms with Crippen molar-refractivity contribution in [2.24, 2.45) is 5.10 Å². The van der Waals surface area contributed by atoms with Gasteiger partial charge in [0.25, 0.3) is 5.69 Å². The molecule has 8 nitrogen and oxygen atoms in total. The van der Waals surface area contributed by atoms with E-state index in [9.17, 15) is 18.5 Å². The Morgan fingerprint density at radius 2 is 1.65 bits per heavy atom. The third-order valence-corrected chi connectivity index (χ3v) is 7.54. The number of halogens is 3. The summed E-state index contributed by atoms with van der Waals surface area (Å²) in [6.45, 7) is 0. The minimum atomic E-state index is -4.09. The molecule has 0 spiro atoms. The van der Waals surface area contributed by atoms with Gasteiger partial charge in [-0.15, -0.1) is 0 Å². The van der Waals surface area contributed by atoms with Crippen LogP contribution < -0.4 is 10.1 Å². The highest BCUT2D eigenvalue weighted by molar-refractivity contribution is 7.89. The number of hydrogen-bond donors (Lipinski definition) is 2. The van der Waals surface area contributed by atoms with Crippen LogP contribution in [0.3, 0.4) is 0 Å². The van der Waals surface area contributed by atoms with Gasteiger partial charge in [-0.05, 0) is 47.5 Å². The highest BCUT2D eigenvalue weighted by atomic mass is 35.5. The Kier molecular flexibility index (Phi) is 7.11. The summed E-state index contributed by atoms with van der Waals surface area (Å²) in [6.07, 6.45) is 0.397. The third-order valence-electron chi connectivity index (χ3n) is 5.29. The lowest BCUT2D eigenvalue weighted by Crippen LogP contribution is -2.33. The van der Waals surface area contributed by atoms with Crippen molar-refractivity contribution >= 4 is 56.2 Å². The van der Waals surface area contributed by atoms with Crippen LogP contribution in [0.5, 0.6) is 0 Å². The van der Waals surface area contributed by atoms with Crippen molar-refractivity contribution in [2.75, 3.05) is 0 Å². The predicted octanol–water partition coefficient (Wildman–Crippen LogP) is 5.67. The Morgan fingerprint density at radius 1 is 1.00 bits per heavy atom. The van der Waals surface area contributed by atoms with E-state index in [4.69, 9.17) is 34.8 Å². The van der Waals surface area contributed by atoms with Gasteiger partial charge >= 0.3 is 0 Å². The molecule has 4 rings (SSSR count). The van der Waals surface area contributed by atoms with Gasteiger partial charge in [0.05, 0.1) is 27.6 Å². The maximum atomic E-state index is 13.2. The topological polar surface area (TPSA) is 114 Å². The molecule has 176 valence electrons. The minimum Gasteiger partial charge on any atom is -0.302 e. The predicted molar refractivity (Wildman–Crippen MR) is 132 cm³/mol. The molecular weight excluding hydrogens is 523 g/mol. The fraction of sp³-hybridized carbons (Fsp3) is 0.136. The standard InChI is InChI=1S/C22H17Cl3N4O4S/c23-14-3-1-13(2-4-14)20-12-21(27-26-20)22(18-10-5-15(24)11-19(18)25)28-34(32,33)17-8-6-16(7-9-17)29(30)31/h1-11,20,22,26,28H,12H2. The van der Waals surface area contributed by atoms with Crippen molar-refractivity contribution in [3.63, 3.8) is 0 Å². The molecule has 34 heavy (non-hydrogen) atoms. The summed E-state index contributed by atoms with van der Waals surface area (Å²) < 4.78 is 29.0. The molecule has 3 aromatic carbocycles. The molecule has 0 saturated carbocycles. The smallest absolute Gasteiger partial charge is 0.269 e. The van der Waals surface area contributed by atoms with Gasteiger partial charge in [0.15, 0.2) is 0 Å². The summed E-state index contributed by atoms with van der Waals surface area (Å²) in [5.41, 5.74) is 4.73. The third kappa shape index (κ3) is 5.34. The zero-order valence-corrected chi connectivity index (χ0v) is 20.4. The largest absolute Gasteiger partial charge is 0.302 e. The molecular formula is C22H17Cl3N4O4S. The van der Waals surface area contributed by atoms with Crippen molar-refractivity contribution < 1.29 is 13.3 Å². The van der Waals surface area contributed by atoms with Gasteiger partial charge in [-0.3, -0.25) is 10.1 Å². The lowest BCUT2D eigenvalue weighted by molar-refractivity contribution is -0.384. The van der Waals surface area contributed by atoms with Gasteiger partial charge in [-0.2, -0.15) is 9.82 Å². The quantitative estimate of drug-likeness (QED) is 0.297. The van der Waals surface area contributed by atoms with Crippen molar-refractivity contribution in [3.05, 3.63) is 103 Å². The van der Waals surface area contributed by atoms with Crippen LogP contribution in [0.4, 0.5) is 5.69 Å². The summed E-state index contributed by atoms with van der Waals surface area (Å²) in [5.74, 6) is 0. The zero-order valence-electron chi connectivity index (χ0n) is 17.3. The summed E-state index contributed by atoms with van der Waals surface area (Å²) in [4.78, 5) is 10.2. The Labute approximate surface area is 210 Å². The Morgan fingerprint density at radius 3 is 2.26 bits per heavy atom. The number of nitrogens with one attached hydrogen (secondary N) is 2. The molecule has 12 heteroatoms. The molecule has 0 aliphatic carbocycles. The van der Waals surface area contributed by atoms with Crippen LogP contribution in [0, 0.1) is 10.1 Å². The second kappa shape index (κ2) is 9.89. The fourth-order valence-corrected chi connectivity index (χ4v) is 5.40. The average molecular weight is 540 g/mol. The van der Waals surface area contributed by atoms with Gasteiger partial charge in [-0.1, -0.05) is 53.0 Å². The Balaban J connectivity index is 1.66. The minimum absolute atomic E-state index is 0.131. The van der Waals surface area contributed by atoms with Crippen LogP contribution in [0.1, 0.15) is 29.6 Å². The van der Waals surface area contributed by atoms with Crippen molar-refractivity contribution in [3.8, 4) is 0 Å². The molecule has 0 aromatic heterocycles. The first-order chi connectivity index (χ1) is 16.1. The molecule has 0 amide bonds. The number of nitro groups is 1. The zero-order chi connectivity index (χ0) is 24.5. The molecule has 0 bridgehead atoms. The first kappa shape index (κ1) is 24.4. The van der Waals surface area contributed by atoms with Crippen molar-refractivity contribution in [1.82, 2.24) is 10.1 Å². The highest BCUT2D eigenvalue weighted by Crippen LogP contribution is 2.33. The maximum Gasteiger partial charge on any atom is 0.269 e. The number of rotatable bonds is 7. The average Bonchev–Trinajstić information content (AvgIpc) is 3.28. The van der Waals surface area contributed by atoms with Crippen LogP contribution in [0.15, 0.2) is 76.7 Å². The van der Waals surface area contributed by atoms with E-state index in [0.29, 0.717) is 27.7 Å². The molecule has 2 unspecified atom stereocenters. The lowest BCUT2D eigenvalue weighted by atomic mass is 9.96. The van der Waals surface area contributed by atoms with E-state index in [2.05, 4.69) is 15.2 Å². The van der Waals surface area contributed by atoms with Crippen molar-refractivity contribution in [2.45, 2.75) is 23.4 Å². The van der Waals surface area contributed by atoms with Gasteiger partial charge in [0, 0.05) is 33.6 Å². The van der Waals surface area contributed by atoms with E-state index in [1.54, 1.807) is 24.3 Å². The monoisotopic (exact) mass is 538 g/mol. The van der Waals surface area contributed by atoms with Gasteiger partial charge in [0.1, 0.15) is 0 Å². The first-order valence-electron chi connectivity index (χ1n) is 9.93. The van der Waals surface area contributed by atoms with Gasteiger partial charge in [0.2, 0.25) is 10.0 Å². The molecule has 3 aromatic rings. The number of hydrogen-bond acceptors (Lipinski definition) is 6. The molecule has 2 atom stereocenters. The number of benzene rings is 3. The van der Waals surface area contributed by atoms with Crippen LogP contribution >= 0.6 is 34.8 Å². The Hall–Kier alpha value is -2.69. The first-order valence-corrected chi connectivity index (χ1v) is 12.5. The molecule has 1 aliphatic rings. The van der Waals surface area contributed by atoms with E-state index in [0.717, 1.165) is 17.7 Å². The summed E-state index contributed by atoms with van der Waals surface area (Å²) in [6, 6.07) is 15.5. The van der Waals surface area contributed by atoms with E-state index >= 15 is 0 Å². The number of nitro benzene ring substituents is 1. The molecule has 0 radical (unpaired) electrons. The molecule has 0 saturated heterocycles. The maximum absolute atomic E-state index is 13.2. The Bertz CT molecular complexity index is 1360. The number of nitrogens with zero attached hydrogens (tertiary/aromatic N) is 2. The fourth-order valence-electron chi connectivity index (χ4n) is 3.55. The van der Waals surface area contributed by atoms with Gasteiger partial charge < -0.3 is 5.43 Å². The molecule has 1 heterocycles. The van der Waals surface area contributed by atoms with Crippen LogP contribution in [-0.2, 0) is 10.0 Å². The number of non-ortho nitro benzene ring substituents is 1. The highest BCUT2D eigenvalue weighted by Gasteiger charge is 2.32. The van der Waals surface area contributed by atoms with E-state index in [1.807, 2.05) is 12.1 Å². The lowest BCUT2D eigenvalue weighted by Gasteiger charge is -2.21. The molecule has 0 fully saturated rings. The number of sulfonamides is 1. The summed E-state index contributed by atoms with van der Waals surface area (Å²) >= 11 is 18.4. The second-order valence-electron chi connectivity index (χ2n) is 7.51. The molecule has 2 N–H and O–H groups in total. The van der Waals surface area contributed by atoms with Crippen LogP contribution in [0.2, 0.25) is 15.1 Å². The van der Waals surface area contributed by atoms with Gasteiger partial charge in [-0.25, -0.2) is 8.42 Å². The van der Waals surface area contributed by atoms with Crippen LogP contribution in [0.25, 0.3) is 0 Å². The number of hydrazone groups is 1. The van der Waals surface area contributed by atoms with E-state index in [1.165, 1.54) is 18.2 Å². The molecule has 1 aliphatic heterocycles. The van der Waals surface area contributed by atoms with E-state index < -0.39 is 21.0 Å². The van der Waals surface area contributed by atoms with Crippen LogP contribution in [-0.4, -0.2) is 19.1 Å². The SMILES string of the molecule is O=[N+]([O-])c1ccc(S(=O)(=O)NC(C2=NNC(c3ccc(Cl)cc3)C2)c2ccc(Cl)cc2Cl)cc1. The summed E-state index contributed by atoms with van der Waals surface area (Å²) in [7, 11) is -4.09. The summed E-state index contributed by atoms with van der Waals surface area (Å²) in [5, 5.41) is 16.6. The van der Waals surface area contributed by atoms with Crippen molar-refractivity contribution in [1.29, 1.82) is 0 Å². The normalized spacial score (nSPS) is 16.6.